The van der Waals surface area contributed by atoms with Gasteiger partial charge in [-0.3, -0.25) is 4.90 Å². The molecular formula is C9H14F3NO. The summed E-state index contributed by atoms with van der Waals surface area (Å²) >= 11 is 0. The van der Waals surface area contributed by atoms with Crippen LogP contribution < -0.4 is 0 Å². The Labute approximate surface area is 80.7 Å². The van der Waals surface area contributed by atoms with Crippen molar-refractivity contribution in [2.45, 2.75) is 37.6 Å². The van der Waals surface area contributed by atoms with Gasteiger partial charge in [-0.05, 0) is 25.2 Å². The Morgan fingerprint density at radius 1 is 1.29 bits per heavy atom. The first-order valence-corrected chi connectivity index (χ1v) is 4.94. The first-order valence-electron chi connectivity index (χ1n) is 4.94. The summed E-state index contributed by atoms with van der Waals surface area (Å²) in [6, 6.07) is 0.0463. The fourth-order valence-corrected chi connectivity index (χ4v) is 2.63. The molecule has 82 valence electrons. The van der Waals surface area contributed by atoms with Crippen LogP contribution in [0.3, 0.4) is 0 Å². The summed E-state index contributed by atoms with van der Waals surface area (Å²) in [5, 5.41) is 9.50. The Balaban J connectivity index is 1.97. The number of halogens is 3. The summed E-state index contributed by atoms with van der Waals surface area (Å²) in [5.41, 5.74) is 0. The molecule has 1 aliphatic heterocycles. The second-order valence-corrected chi connectivity index (χ2v) is 4.34. The van der Waals surface area contributed by atoms with E-state index in [9.17, 15) is 18.3 Å². The number of alkyl halides is 3. The average molecular weight is 209 g/mol. The minimum Gasteiger partial charge on any atom is -0.393 e. The molecule has 0 aromatic carbocycles. The maximum Gasteiger partial charge on any atom is 0.401 e. The summed E-state index contributed by atoms with van der Waals surface area (Å²) in [6.07, 6.45) is -2.40. The van der Waals surface area contributed by atoms with Crippen molar-refractivity contribution in [2.75, 3.05) is 13.1 Å². The minimum atomic E-state index is -4.11. The van der Waals surface area contributed by atoms with E-state index in [0.717, 1.165) is 6.42 Å². The third kappa shape index (κ3) is 2.03. The van der Waals surface area contributed by atoms with Gasteiger partial charge in [-0.1, -0.05) is 0 Å². The van der Waals surface area contributed by atoms with Crippen molar-refractivity contribution in [3.63, 3.8) is 0 Å². The number of rotatable bonds is 1. The van der Waals surface area contributed by atoms with Crippen molar-refractivity contribution in [3.8, 4) is 0 Å². The van der Waals surface area contributed by atoms with Gasteiger partial charge in [0.1, 0.15) is 0 Å². The van der Waals surface area contributed by atoms with Crippen LogP contribution in [0.2, 0.25) is 0 Å². The number of aliphatic hydroxyl groups is 1. The lowest BCUT2D eigenvalue weighted by molar-refractivity contribution is -0.147. The molecule has 0 radical (unpaired) electrons. The number of nitrogens with zero attached hydrogens (tertiary/aromatic N) is 1. The van der Waals surface area contributed by atoms with Crippen molar-refractivity contribution in [1.82, 2.24) is 4.90 Å². The van der Waals surface area contributed by atoms with Crippen LogP contribution in [0.5, 0.6) is 0 Å². The first-order chi connectivity index (χ1) is 6.46. The summed E-state index contributed by atoms with van der Waals surface area (Å²) < 4.78 is 36.5. The SMILES string of the molecule is OC1CCC2CC1CN2CC(F)(F)F. The first kappa shape index (κ1) is 10.2. The highest BCUT2D eigenvalue weighted by Crippen LogP contribution is 2.37. The minimum absolute atomic E-state index is 0.0463. The van der Waals surface area contributed by atoms with Crippen molar-refractivity contribution in [1.29, 1.82) is 0 Å². The van der Waals surface area contributed by atoms with Crippen molar-refractivity contribution in [3.05, 3.63) is 0 Å². The number of aliphatic hydroxyl groups excluding tert-OH is 1. The van der Waals surface area contributed by atoms with Gasteiger partial charge < -0.3 is 5.11 Å². The summed E-state index contributed by atoms with van der Waals surface area (Å²) in [4.78, 5) is 1.47. The van der Waals surface area contributed by atoms with Gasteiger partial charge in [0.2, 0.25) is 0 Å². The predicted molar refractivity (Wildman–Crippen MR) is 44.8 cm³/mol. The molecule has 1 heterocycles. The zero-order valence-electron chi connectivity index (χ0n) is 7.80. The Hall–Kier alpha value is -0.290. The number of hydrogen-bond donors (Lipinski definition) is 1. The van der Waals surface area contributed by atoms with Crippen LogP contribution in [-0.4, -0.2) is 41.4 Å². The molecule has 5 heteroatoms. The largest absolute Gasteiger partial charge is 0.401 e. The van der Waals surface area contributed by atoms with E-state index < -0.39 is 12.7 Å². The standard InChI is InChI=1S/C9H14F3NO/c10-9(11,12)5-13-4-6-3-7(13)1-2-8(6)14/h6-8,14H,1-5H2. The van der Waals surface area contributed by atoms with E-state index in [0.29, 0.717) is 19.4 Å². The topological polar surface area (TPSA) is 23.5 Å². The third-order valence-corrected chi connectivity index (χ3v) is 3.28. The van der Waals surface area contributed by atoms with Gasteiger partial charge in [0.25, 0.3) is 0 Å². The predicted octanol–water partition coefficient (Wildman–Crippen LogP) is 1.39. The molecule has 1 saturated heterocycles. The highest BCUT2D eigenvalue weighted by molar-refractivity contribution is 4.94. The van der Waals surface area contributed by atoms with E-state index in [1.165, 1.54) is 4.90 Å². The molecule has 1 N–H and O–H groups in total. The molecule has 0 aromatic rings. The summed E-state index contributed by atoms with van der Waals surface area (Å²) in [5.74, 6) is 0.0658. The van der Waals surface area contributed by atoms with Gasteiger partial charge in [-0.25, -0.2) is 0 Å². The zero-order chi connectivity index (χ0) is 10.3. The highest BCUT2D eigenvalue weighted by atomic mass is 19.4. The van der Waals surface area contributed by atoms with E-state index in [1.54, 1.807) is 0 Å². The normalized spacial score (nSPS) is 39.0. The summed E-state index contributed by atoms with van der Waals surface area (Å²) in [7, 11) is 0. The Morgan fingerprint density at radius 3 is 2.57 bits per heavy atom. The number of likely N-dealkylation sites (tertiary alicyclic amines) is 1. The number of fused-ring (bicyclic) bond motifs is 2. The molecule has 2 fully saturated rings. The molecule has 0 spiro atoms. The number of hydrogen-bond acceptors (Lipinski definition) is 2. The van der Waals surface area contributed by atoms with Gasteiger partial charge in [-0.2, -0.15) is 13.2 Å². The van der Waals surface area contributed by atoms with Crippen LogP contribution >= 0.6 is 0 Å². The van der Waals surface area contributed by atoms with Gasteiger partial charge in [0, 0.05) is 12.6 Å². The molecule has 2 nitrogen and oxygen atoms in total. The lowest BCUT2D eigenvalue weighted by Gasteiger charge is -2.26. The second kappa shape index (κ2) is 3.38. The molecule has 2 rings (SSSR count). The maximum atomic E-state index is 12.2. The Kier molecular flexibility index (Phi) is 2.47. The summed E-state index contributed by atoms with van der Waals surface area (Å²) in [6.45, 7) is -0.410. The molecule has 2 aliphatic rings. The van der Waals surface area contributed by atoms with E-state index in [1.807, 2.05) is 0 Å². The van der Waals surface area contributed by atoms with Crippen LogP contribution in [0, 0.1) is 5.92 Å². The molecule has 0 amide bonds. The monoisotopic (exact) mass is 209 g/mol. The zero-order valence-corrected chi connectivity index (χ0v) is 7.80. The van der Waals surface area contributed by atoms with Crippen LogP contribution in [0.25, 0.3) is 0 Å². The van der Waals surface area contributed by atoms with Crippen molar-refractivity contribution < 1.29 is 18.3 Å². The van der Waals surface area contributed by atoms with Crippen molar-refractivity contribution in [2.24, 2.45) is 5.92 Å². The van der Waals surface area contributed by atoms with Crippen LogP contribution in [0.4, 0.5) is 13.2 Å². The van der Waals surface area contributed by atoms with Gasteiger partial charge >= 0.3 is 6.18 Å². The molecule has 3 atom stereocenters. The van der Waals surface area contributed by atoms with Gasteiger partial charge in [-0.15, -0.1) is 0 Å². The fraction of sp³-hybridized carbons (Fsp3) is 1.00. The molecular weight excluding hydrogens is 195 g/mol. The Bertz CT molecular complexity index is 219. The van der Waals surface area contributed by atoms with E-state index >= 15 is 0 Å². The quantitative estimate of drug-likeness (QED) is 0.705. The van der Waals surface area contributed by atoms with E-state index in [-0.39, 0.29) is 18.1 Å². The average Bonchev–Trinajstić information content (AvgIpc) is 2.35. The van der Waals surface area contributed by atoms with Crippen LogP contribution in [0.15, 0.2) is 0 Å². The van der Waals surface area contributed by atoms with Gasteiger partial charge in [0.05, 0.1) is 12.6 Å². The van der Waals surface area contributed by atoms with Gasteiger partial charge in [0.15, 0.2) is 0 Å². The molecule has 0 aromatic heterocycles. The van der Waals surface area contributed by atoms with Crippen LogP contribution in [0.1, 0.15) is 19.3 Å². The molecule has 2 bridgehead atoms. The highest BCUT2D eigenvalue weighted by Gasteiger charge is 2.43. The lowest BCUT2D eigenvalue weighted by atomic mass is 9.88. The smallest absolute Gasteiger partial charge is 0.393 e. The Morgan fingerprint density at radius 2 is 2.00 bits per heavy atom. The molecule has 14 heavy (non-hydrogen) atoms. The molecule has 1 saturated carbocycles. The van der Waals surface area contributed by atoms with E-state index in [2.05, 4.69) is 0 Å². The van der Waals surface area contributed by atoms with Crippen molar-refractivity contribution >= 4 is 0 Å². The maximum absolute atomic E-state index is 12.2. The van der Waals surface area contributed by atoms with Crippen LogP contribution in [-0.2, 0) is 0 Å². The molecule has 1 aliphatic carbocycles. The second-order valence-electron chi connectivity index (χ2n) is 4.34. The fourth-order valence-electron chi connectivity index (χ4n) is 2.63. The van der Waals surface area contributed by atoms with E-state index in [4.69, 9.17) is 0 Å². The molecule has 3 unspecified atom stereocenters. The lowest BCUT2D eigenvalue weighted by Crippen LogP contribution is -2.37. The third-order valence-electron chi connectivity index (χ3n) is 3.28.